The number of carbonyl (C=O) groups is 1. The van der Waals surface area contributed by atoms with Crippen LogP contribution in [0.1, 0.15) is 25.5 Å². The quantitative estimate of drug-likeness (QED) is 0.783. The third-order valence-electron chi connectivity index (χ3n) is 4.20. The highest BCUT2D eigenvalue weighted by atomic mass is 19.1. The molecule has 0 atom stereocenters. The van der Waals surface area contributed by atoms with Gasteiger partial charge in [0.2, 0.25) is 0 Å². The Hall–Kier alpha value is -2.54. The van der Waals surface area contributed by atoms with Crippen LogP contribution < -0.4 is 4.90 Å². The number of nitrogens with zero attached hydrogens (tertiary/aromatic N) is 4. The monoisotopic (exact) mass is 344 g/mol. The van der Waals surface area contributed by atoms with Gasteiger partial charge in [-0.1, -0.05) is 0 Å². The lowest BCUT2D eigenvalue weighted by Gasteiger charge is -2.32. The molecule has 1 saturated heterocycles. The van der Waals surface area contributed by atoms with Gasteiger partial charge in [-0.2, -0.15) is 5.10 Å². The number of rotatable bonds is 5. The van der Waals surface area contributed by atoms with Crippen molar-refractivity contribution in [2.24, 2.45) is 0 Å². The summed E-state index contributed by atoms with van der Waals surface area (Å²) in [5, 5.41) is 4.19. The first-order valence-electron chi connectivity index (χ1n) is 8.41. The zero-order chi connectivity index (χ0) is 17.6. The van der Waals surface area contributed by atoms with Gasteiger partial charge in [0, 0.05) is 38.1 Å². The zero-order valence-electron chi connectivity index (χ0n) is 14.1. The highest BCUT2D eigenvalue weighted by molar-refractivity contribution is 6.03. The molecule has 2 aromatic rings. The maximum Gasteiger partial charge on any atom is 0.252 e. The molecule has 25 heavy (non-hydrogen) atoms. The SMILES string of the molecule is CCn1nccc1/C=C/C(=O)N(c1ccc(F)cn1)C1CCOCC1. The molecular weight excluding hydrogens is 323 g/mol. The van der Waals surface area contributed by atoms with Crippen molar-refractivity contribution in [1.29, 1.82) is 0 Å². The molecule has 0 radical (unpaired) electrons. The van der Waals surface area contributed by atoms with Crippen LogP contribution in [0.3, 0.4) is 0 Å². The number of ether oxygens (including phenoxy) is 1. The molecule has 3 heterocycles. The van der Waals surface area contributed by atoms with E-state index in [1.54, 1.807) is 21.9 Å². The highest BCUT2D eigenvalue weighted by Gasteiger charge is 2.27. The van der Waals surface area contributed by atoms with Crippen LogP contribution >= 0.6 is 0 Å². The first-order chi connectivity index (χ1) is 12.2. The minimum atomic E-state index is -0.425. The number of aromatic nitrogens is 3. The molecule has 0 spiro atoms. The van der Waals surface area contributed by atoms with Crippen molar-refractivity contribution in [2.75, 3.05) is 18.1 Å². The molecule has 1 aliphatic rings. The molecular formula is C18H21FN4O2. The van der Waals surface area contributed by atoms with E-state index in [-0.39, 0.29) is 11.9 Å². The van der Waals surface area contributed by atoms with Crippen molar-refractivity contribution < 1.29 is 13.9 Å². The van der Waals surface area contributed by atoms with Crippen LogP contribution in [0.25, 0.3) is 6.08 Å². The average molecular weight is 344 g/mol. The van der Waals surface area contributed by atoms with Gasteiger partial charge in [-0.15, -0.1) is 0 Å². The van der Waals surface area contributed by atoms with E-state index in [2.05, 4.69) is 10.1 Å². The Bertz CT molecular complexity index is 736. The van der Waals surface area contributed by atoms with Crippen LogP contribution in [0, 0.1) is 5.82 Å². The summed E-state index contributed by atoms with van der Waals surface area (Å²) < 4.78 is 20.4. The number of aryl methyl sites for hydroxylation is 1. The minimum absolute atomic E-state index is 0.0139. The van der Waals surface area contributed by atoms with E-state index in [4.69, 9.17) is 4.74 Å². The molecule has 1 aliphatic heterocycles. The lowest BCUT2D eigenvalue weighted by atomic mass is 10.1. The van der Waals surface area contributed by atoms with E-state index in [1.807, 2.05) is 13.0 Å². The van der Waals surface area contributed by atoms with Crippen molar-refractivity contribution in [1.82, 2.24) is 14.8 Å². The number of anilines is 1. The Morgan fingerprint density at radius 1 is 1.40 bits per heavy atom. The minimum Gasteiger partial charge on any atom is -0.381 e. The van der Waals surface area contributed by atoms with E-state index in [1.165, 1.54) is 18.2 Å². The Morgan fingerprint density at radius 2 is 2.20 bits per heavy atom. The summed E-state index contributed by atoms with van der Waals surface area (Å²) in [5.41, 5.74) is 0.856. The van der Waals surface area contributed by atoms with Gasteiger partial charge < -0.3 is 4.74 Å². The van der Waals surface area contributed by atoms with Crippen LogP contribution in [0.5, 0.6) is 0 Å². The van der Waals surface area contributed by atoms with Crippen molar-refractivity contribution in [3.63, 3.8) is 0 Å². The molecule has 0 N–H and O–H groups in total. The number of hydrogen-bond donors (Lipinski definition) is 0. The Labute approximate surface area is 145 Å². The molecule has 1 amide bonds. The largest absolute Gasteiger partial charge is 0.381 e. The summed E-state index contributed by atoms with van der Waals surface area (Å²) in [5.74, 6) is -0.160. The van der Waals surface area contributed by atoms with Crippen LogP contribution in [-0.2, 0) is 16.1 Å². The molecule has 6 nitrogen and oxygen atoms in total. The standard InChI is InChI=1S/C18H21FN4O2/c1-2-22-15(7-10-21-22)4-6-18(24)23(16-8-11-25-12-9-16)17-5-3-14(19)13-20-17/h3-7,10,13,16H,2,8-9,11-12H2,1H3/b6-4+. The fourth-order valence-electron chi connectivity index (χ4n) is 2.92. The van der Waals surface area contributed by atoms with E-state index in [0.29, 0.717) is 19.0 Å². The second-order valence-electron chi connectivity index (χ2n) is 5.79. The molecule has 132 valence electrons. The van der Waals surface area contributed by atoms with Crippen molar-refractivity contribution in [3.05, 3.63) is 48.2 Å². The van der Waals surface area contributed by atoms with Crippen molar-refractivity contribution in [3.8, 4) is 0 Å². The molecule has 0 aromatic carbocycles. The predicted molar refractivity (Wildman–Crippen MR) is 92.5 cm³/mol. The molecule has 0 aliphatic carbocycles. The maximum atomic E-state index is 13.2. The first kappa shape index (κ1) is 17.3. The summed E-state index contributed by atoms with van der Waals surface area (Å²) >= 11 is 0. The maximum absolute atomic E-state index is 13.2. The van der Waals surface area contributed by atoms with Gasteiger partial charge in [-0.05, 0) is 44.0 Å². The van der Waals surface area contributed by atoms with E-state index < -0.39 is 5.82 Å². The normalized spacial score (nSPS) is 15.6. The van der Waals surface area contributed by atoms with E-state index in [9.17, 15) is 9.18 Å². The van der Waals surface area contributed by atoms with Gasteiger partial charge in [-0.25, -0.2) is 9.37 Å². The zero-order valence-corrected chi connectivity index (χ0v) is 14.1. The smallest absolute Gasteiger partial charge is 0.252 e. The van der Waals surface area contributed by atoms with Crippen LogP contribution in [0.4, 0.5) is 10.2 Å². The Kier molecular flexibility index (Phi) is 5.55. The molecule has 0 saturated carbocycles. The Morgan fingerprint density at radius 3 is 2.88 bits per heavy atom. The summed E-state index contributed by atoms with van der Waals surface area (Å²) in [4.78, 5) is 18.6. The molecule has 2 aromatic heterocycles. The van der Waals surface area contributed by atoms with Crippen molar-refractivity contribution >= 4 is 17.8 Å². The van der Waals surface area contributed by atoms with Gasteiger partial charge in [-0.3, -0.25) is 14.4 Å². The fraction of sp³-hybridized carbons (Fsp3) is 0.389. The highest BCUT2D eigenvalue weighted by Crippen LogP contribution is 2.22. The van der Waals surface area contributed by atoms with E-state index in [0.717, 1.165) is 31.3 Å². The predicted octanol–water partition coefficient (Wildman–Crippen LogP) is 2.66. The average Bonchev–Trinajstić information content (AvgIpc) is 3.10. The lowest BCUT2D eigenvalue weighted by molar-refractivity contribution is -0.115. The van der Waals surface area contributed by atoms with Crippen LogP contribution in [0.2, 0.25) is 0 Å². The second kappa shape index (κ2) is 8.02. The topological polar surface area (TPSA) is 60.2 Å². The van der Waals surface area contributed by atoms with Crippen LogP contribution in [0.15, 0.2) is 36.7 Å². The number of pyridine rings is 1. The van der Waals surface area contributed by atoms with Gasteiger partial charge in [0.05, 0.1) is 11.9 Å². The first-order valence-corrected chi connectivity index (χ1v) is 8.41. The summed E-state index contributed by atoms with van der Waals surface area (Å²) in [6, 6.07) is 4.69. The van der Waals surface area contributed by atoms with Crippen molar-refractivity contribution in [2.45, 2.75) is 32.4 Å². The number of amides is 1. The third kappa shape index (κ3) is 4.11. The second-order valence-corrected chi connectivity index (χ2v) is 5.79. The molecule has 1 fully saturated rings. The summed E-state index contributed by atoms with van der Waals surface area (Å²) in [7, 11) is 0. The molecule has 7 heteroatoms. The summed E-state index contributed by atoms with van der Waals surface area (Å²) in [6.07, 6.45) is 7.55. The van der Waals surface area contributed by atoms with Crippen LogP contribution in [-0.4, -0.2) is 39.9 Å². The number of hydrogen-bond acceptors (Lipinski definition) is 4. The molecule has 0 unspecified atom stereocenters. The Balaban J connectivity index is 1.85. The number of carbonyl (C=O) groups excluding carboxylic acids is 1. The van der Waals surface area contributed by atoms with Gasteiger partial charge in [0.15, 0.2) is 0 Å². The third-order valence-corrected chi connectivity index (χ3v) is 4.20. The fourth-order valence-corrected chi connectivity index (χ4v) is 2.92. The van der Waals surface area contributed by atoms with E-state index >= 15 is 0 Å². The van der Waals surface area contributed by atoms with Gasteiger partial charge in [0.1, 0.15) is 11.6 Å². The number of halogens is 1. The van der Waals surface area contributed by atoms with Gasteiger partial charge in [0.25, 0.3) is 5.91 Å². The lowest BCUT2D eigenvalue weighted by Crippen LogP contribution is -2.43. The molecule has 0 bridgehead atoms. The molecule has 3 rings (SSSR count). The van der Waals surface area contributed by atoms with Gasteiger partial charge >= 0.3 is 0 Å². The summed E-state index contributed by atoms with van der Waals surface area (Å²) in [6.45, 7) is 3.91.